The first kappa shape index (κ1) is 12.7. The summed E-state index contributed by atoms with van der Waals surface area (Å²) in [6.45, 7) is 2.04. The van der Waals surface area contributed by atoms with Crippen LogP contribution < -0.4 is 0 Å². The lowest BCUT2D eigenvalue weighted by Crippen LogP contribution is -2.01. The van der Waals surface area contributed by atoms with Crippen molar-refractivity contribution in [3.05, 3.63) is 58.6 Å². The fraction of sp³-hybridized carbons (Fsp3) is 0.133. The van der Waals surface area contributed by atoms with E-state index in [1.54, 1.807) is 12.1 Å². The summed E-state index contributed by atoms with van der Waals surface area (Å²) in [5.74, 6) is -0.421. The highest BCUT2D eigenvalue weighted by Crippen LogP contribution is 2.26. The second-order valence-electron chi connectivity index (χ2n) is 4.06. The largest absolute Gasteiger partial charge is 0.465 e. The molecule has 92 valence electrons. The Morgan fingerprint density at radius 2 is 1.83 bits per heavy atom. The molecule has 18 heavy (non-hydrogen) atoms. The Hall–Kier alpha value is -1.80. The Kier molecular flexibility index (Phi) is 3.68. The van der Waals surface area contributed by atoms with Gasteiger partial charge in [-0.3, -0.25) is 0 Å². The molecule has 0 amide bonds. The van der Waals surface area contributed by atoms with E-state index in [2.05, 4.69) is 10.8 Å². The molecule has 0 aliphatic rings. The maximum absolute atomic E-state index is 11.4. The van der Waals surface area contributed by atoms with Gasteiger partial charge in [-0.1, -0.05) is 47.5 Å². The van der Waals surface area contributed by atoms with Crippen LogP contribution in [0.25, 0.3) is 11.1 Å². The van der Waals surface area contributed by atoms with Gasteiger partial charge in [-0.25, -0.2) is 4.79 Å². The van der Waals surface area contributed by atoms with E-state index in [1.165, 1.54) is 12.7 Å². The molecule has 0 atom stereocenters. The van der Waals surface area contributed by atoms with Crippen molar-refractivity contribution in [1.82, 2.24) is 0 Å². The standard InChI is InChI=1S/C15H13ClO2/c1-10-4-3-5-11(8-10)12-6-7-13(14(16)9-12)15(17)18-2/h3-9H,1-2H3. The summed E-state index contributed by atoms with van der Waals surface area (Å²) in [6.07, 6.45) is 0. The average Bonchev–Trinajstić information content (AvgIpc) is 2.37. The van der Waals surface area contributed by atoms with Crippen LogP contribution in [0.2, 0.25) is 5.02 Å². The zero-order valence-corrected chi connectivity index (χ0v) is 11.0. The average molecular weight is 261 g/mol. The molecule has 0 aliphatic heterocycles. The Labute approximate surface area is 111 Å². The smallest absolute Gasteiger partial charge is 0.339 e. The number of methoxy groups -OCH3 is 1. The lowest BCUT2D eigenvalue weighted by Gasteiger charge is -2.06. The highest BCUT2D eigenvalue weighted by molar-refractivity contribution is 6.33. The number of esters is 1. The highest BCUT2D eigenvalue weighted by atomic mass is 35.5. The minimum Gasteiger partial charge on any atom is -0.465 e. The van der Waals surface area contributed by atoms with Gasteiger partial charge >= 0.3 is 5.97 Å². The molecule has 0 aliphatic carbocycles. The zero-order valence-electron chi connectivity index (χ0n) is 10.2. The Balaban J connectivity index is 2.43. The van der Waals surface area contributed by atoms with Crippen molar-refractivity contribution in [3.8, 4) is 11.1 Å². The van der Waals surface area contributed by atoms with Gasteiger partial charge in [-0.2, -0.15) is 0 Å². The van der Waals surface area contributed by atoms with E-state index in [0.29, 0.717) is 10.6 Å². The molecule has 0 fully saturated rings. The lowest BCUT2D eigenvalue weighted by molar-refractivity contribution is 0.0601. The van der Waals surface area contributed by atoms with E-state index in [4.69, 9.17) is 11.6 Å². The molecule has 2 aromatic carbocycles. The minimum absolute atomic E-state index is 0.385. The van der Waals surface area contributed by atoms with Crippen molar-refractivity contribution in [2.45, 2.75) is 6.92 Å². The zero-order chi connectivity index (χ0) is 13.1. The van der Waals surface area contributed by atoms with Crippen LogP contribution >= 0.6 is 11.6 Å². The number of aryl methyl sites for hydroxylation is 1. The number of benzene rings is 2. The summed E-state index contributed by atoms with van der Waals surface area (Å²) in [6, 6.07) is 13.4. The van der Waals surface area contributed by atoms with Gasteiger partial charge in [0.25, 0.3) is 0 Å². The van der Waals surface area contributed by atoms with E-state index in [-0.39, 0.29) is 0 Å². The molecule has 0 heterocycles. The van der Waals surface area contributed by atoms with E-state index in [9.17, 15) is 4.79 Å². The van der Waals surface area contributed by atoms with Gasteiger partial charge in [0.15, 0.2) is 0 Å². The van der Waals surface area contributed by atoms with Gasteiger partial charge in [0.2, 0.25) is 0 Å². The van der Waals surface area contributed by atoms with E-state index in [0.717, 1.165) is 11.1 Å². The third-order valence-corrected chi connectivity index (χ3v) is 3.04. The maximum Gasteiger partial charge on any atom is 0.339 e. The molecule has 2 nitrogen and oxygen atoms in total. The number of halogens is 1. The number of ether oxygens (including phenoxy) is 1. The summed E-state index contributed by atoms with van der Waals surface area (Å²) in [7, 11) is 1.34. The summed E-state index contributed by atoms with van der Waals surface area (Å²) < 4.78 is 4.66. The van der Waals surface area contributed by atoms with Crippen molar-refractivity contribution >= 4 is 17.6 Å². The lowest BCUT2D eigenvalue weighted by atomic mass is 10.0. The first-order valence-corrected chi connectivity index (χ1v) is 5.94. The first-order chi connectivity index (χ1) is 8.61. The van der Waals surface area contributed by atoms with Crippen molar-refractivity contribution in [2.24, 2.45) is 0 Å². The predicted octanol–water partition coefficient (Wildman–Crippen LogP) is 4.10. The Bertz CT molecular complexity index is 591. The van der Waals surface area contributed by atoms with E-state index in [1.807, 2.05) is 31.2 Å². The molecule has 0 saturated heterocycles. The van der Waals surface area contributed by atoms with Crippen molar-refractivity contribution in [1.29, 1.82) is 0 Å². The summed E-state index contributed by atoms with van der Waals surface area (Å²) in [5.41, 5.74) is 3.63. The molecule has 0 bridgehead atoms. The highest BCUT2D eigenvalue weighted by Gasteiger charge is 2.11. The molecule has 3 heteroatoms. The van der Waals surface area contributed by atoms with Crippen LogP contribution in [-0.4, -0.2) is 13.1 Å². The molecular formula is C15H13ClO2. The third kappa shape index (κ3) is 2.54. The fourth-order valence-electron chi connectivity index (χ4n) is 1.79. The third-order valence-electron chi connectivity index (χ3n) is 2.73. The second-order valence-corrected chi connectivity index (χ2v) is 4.46. The van der Waals surface area contributed by atoms with E-state index < -0.39 is 5.97 Å². The molecule has 0 saturated carbocycles. The van der Waals surface area contributed by atoms with Crippen LogP contribution in [0.1, 0.15) is 15.9 Å². The van der Waals surface area contributed by atoms with Crippen LogP contribution in [0.3, 0.4) is 0 Å². The summed E-state index contributed by atoms with van der Waals surface area (Å²) >= 11 is 6.09. The predicted molar refractivity (Wildman–Crippen MR) is 73.0 cm³/mol. The quantitative estimate of drug-likeness (QED) is 0.760. The van der Waals surface area contributed by atoms with Crippen LogP contribution in [0.5, 0.6) is 0 Å². The molecule has 0 aromatic heterocycles. The van der Waals surface area contributed by atoms with Gasteiger partial charge < -0.3 is 4.74 Å². The second kappa shape index (κ2) is 5.23. The molecule has 2 aromatic rings. The topological polar surface area (TPSA) is 26.3 Å². The molecule has 0 N–H and O–H groups in total. The fourth-order valence-corrected chi connectivity index (χ4v) is 2.05. The number of hydrogen-bond acceptors (Lipinski definition) is 2. The van der Waals surface area contributed by atoms with Crippen molar-refractivity contribution in [2.75, 3.05) is 7.11 Å². The minimum atomic E-state index is -0.421. The molecule has 0 radical (unpaired) electrons. The van der Waals surface area contributed by atoms with Crippen LogP contribution in [0.15, 0.2) is 42.5 Å². The van der Waals surface area contributed by atoms with Crippen LogP contribution in [0, 0.1) is 6.92 Å². The molecular weight excluding hydrogens is 248 g/mol. The number of carbonyl (C=O) groups is 1. The molecule has 2 rings (SSSR count). The van der Waals surface area contributed by atoms with Gasteiger partial charge in [-0.15, -0.1) is 0 Å². The SMILES string of the molecule is COC(=O)c1ccc(-c2cccc(C)c2)cc1Cl. The van der Waals surface area contributed by atoms with Crippen LogP contribution in [-0.2, 0) is 4.74 Å². The molecule has 0 spiro atoms. The number of carbonyl (C=O) groups excluding carboxylic acids is 1. The normalized spacial score (nSPS) is 10.2. The van der Waals surface area contributed by atoms with Gasteiger partial charge in [0.1, 0.15) is 0 Å². The Morgan fingerprint density at radius 1 is 1.11 bits per heavy atom. The Morgan fingerprint density at radius 3 is 2.44 bits per heavy atom. The number of hydrogen-bond donors (Lipinski definition) is 0. The van der Waals surface area contributed by atoms with Crippen molar-refractivity contribution in [3.63, 3.8) is 0 Å². The first-order valence-electron chi connectivity index (χ1n) is 5.56. The monoisotopic (exact) mass is 260 g/mol. The molecule has 0 unspecified atom stereocenters. The van der Waals surface area contributed by atoms with Gasteiger partial charge in [-0.05, 0) is 30.2 Å². The summed E-state index contributed by atoms with van der Waals surface area (Å²) in [5, 5.41) is 0.404. The number of rotatable bonds is 2. The van der Waals surface area contributed by atoms with E-state index >= 15 is 0 Å². The summed E-state index contributed by atoms with van der Waals surface area (Å²) in [4.78, 5) is 11.4. The van der Waals surface area contributed by atoms with Crippen LogP contribution in [0.4, 0.5) is 0 Å². The van der Waals surface area contributed by atoms with Gasteiger partial charge in [0.05, 0.1) is 17.7 Å². The van der Waals surface area contributed by atoms with Gasteiger partial charge in [0, 0.05) is 0 Å². The van der Waals surface area contributed by atoms with Crippen molar-refractivity contribution < 1.29 is 9.53 Å². The maximum atomic E-state index is 11.4.